The fourth-order valence-electron chi connectivity index (χ4n) is 0.390. The number of hydrogen-bond acceptors (Lipinski definition) is 2. The quantitative estimate of drug-likeness (QED) is 0.490. The number of rotatable bonds is 1. The van der Waals surface area contributed by atoms with Gasteiger partial charge in [0.2, 0.25) is 0 Å². The van der Waals surface area contributed by atoms with Crippen LogP contribution in [0.25, 0.3) is 0 Å². The van der Waals surface area contributed by atoms with Crippen LogP contribution >= 0.6 is 0 Å². The molecule has 0 aromatic carbocycles. The minimum Gasteiger partial charge on any atom is -0.465 e. The maximum atomic E-state index is 10.0. The lowest BCUT2D eigenvalue weighted by Crippen LogP contribution is -2.27. The van der Waals surface area contributed by atoms with Crippen LogP contribution in [0.1, 0.15) is 0 Å². The number of nitrogens with zero attached hydrogens (tertiary/aromatic N) is 1. The van der Waals surface area contributed by atoms with Gasteiger partial charge in [-0.25, -0.2) is 4.79 Å². The average Bonchev–Trinajstić information content (AvgIpc) is 2.43. The third-order valence-corrected chi connectivity index (χ3v) is 1.05. The van der Waals surface area contributed by atoms with Gasteiger partial charge in [-0.3, -0.25) is 4.90 Å². The zero-order valence-corrected chi connectivity index (χ0v) is 4.50. The third-order valence-electron chi connectivity index (χ3n) is 1.05. The highest BCUT2D eigenvalue weighted by Gasteiger charge is 2.30. The molecule has 1 amide bonds. The van der Waals surface area contributed by atoms with Crippen molar-refractivity contribution in [2.24, 2.45) is 0 Å². The second kappa shape index (κ2) is 1.63. The molecule has 0 aromatic heterocycles. The van der Waals surface area contributed by atoms with Crippen LogP contribution in [0.3, 0.4) is 0 Å². The second-order valence-corrected chi connectivity index (χ2v) is 1.68. The van der Waals surface area contributed by atoms with Crippen LogP contribution in [0.5, 0.6) is 0 Å². The van der Waals surface area contributed by atoms with Gasteiger partial charge in [-0.05, 0) is 0 Å². The second-order valence-electron chi connectivity index (χ2n) is 1.68. The fourth-order valence-corrected chi connectivity index (χ4v) is 0.390. The van der Waals surface area contributed by atoms with Gasteiger partial charge in [0.25, 0.3) is 0 Å². The average molecular weight is 117 g/mol. The lowest BCUT2D eigenvalue weighted by molar-refractivity contribution is 0.134. The summed E-state index contributed by atoms with van der Waals surface area (Å²) in [6.07, 6.45) is -1.11. The standard InChI is InChI=1S/C4H7NO3/c1-5(4(6)7)3-2-8-3/h3H,2H2,1H3,(H,6,7)/t3-/m0/s1. The van der Waals surface area contributed by atoms with Gasteiger partial charge in [-0.15, -0.1) is 0 Å². The Morgan fingerprint density at radius 1 is 2.00 bits per heavy atom. The number of epoxide rings is 1. The molecule has 1 saturated heterocycles. The van der Waals surface area contributed by atoms with Gasteiger partial charge in [0, 0.05) is 7.05 Å². The van der Waals surface area contributed by atoms with Crippen molar-refractivity contribution >= 4 is 6.09 Å². The molecule has 1 N–H and O–H groups in total. The van der Waals surface area contributed by atoms with E-state index in [0.29, 0.717) is 6.61 Å². The van der Waals surface area contributed by atoms with E-state index in [1.165, 1.54) is 7.05 Å². The molecule has 1 heterocycles. The number of ether oxygens (including phenoxy) is 1. The largest absolute Gasteiger partial charge is 0.465 e. The van der Waals surface area contributed by atoms with Crippen molar-refractivity contribution in [3.05, 3.63) is 0 Å². The first-order valence-corrected chi connectivity index (χ1v) is 2.29. The van der Waals surface area contributed by atoms with E-state index in [9.17, 15) is 4.79 Å². The monoisotopic (exact) mass is 117 g/mol. The summed E-state index contributed by atoms with van der Waals surface area (Å²) in [5, 5.41) is 8.24. The minimum atomic E-state index is -0.938. The number of hydrogen-bond donors (Lipinski definition) is 1. The third kappa shape index (κ3) is 0.894. The van der Waals surface area contributed by atoms with E-state index in [1.54, 1.807) is 0 Å². The molecule has 46 valence electrons. The van der Waals surface area contributed by atoms with Crippen molar-refractivity contribution in [1.29, 1.82) is 0 Å². The highest BCUT2D eigenvalue weighted by atomic mass is 16.6. The normalized spacial score (nSPS) is 24.9. The summed E-state index contributed by atoms with van der Waals surface area (Å²) in [5.74, 6) is 0. The molecule has 0 radical (unpaired) electrons. The Hall–Kier alpha value is -0.770. The molecule has 1 atom stereocenters. The summed E-state index contributed by atoms with van der Waals surface area (Å²) in [6, 6.07) is 0. The molecule has 1 aliphatic heterocycles. The predicted molar refractivity (Wildman–Crippen MR) is 25.5 cm³/mol. The molecule has 8 heavy (non-hydrogen) atoms. The Morgan fingerprint density at radius 3 is 2.62 bits per heavy atom. The summed E-state index contributed by atoms with van der Waals surface area (Å²) in [6.45, 7) is 0.544. The lowest BCUT2D eigenvalue weighted by Gasteiger charge is -2.06. The highest BCUT2D eigenvalue weighted by molar-refractivity contribution is 5.65. The molecular weight excluding hydrogens is 110 g/mol. The SMILES string of the molecule is CN(C(=O)O)[C@@H]1CO1. The molecular formula is C4H7NO3. The molecule has 1 aliphatic rings. The molecule has 1 fully saturated rings. The maximum absolute atomic E-state index is 10.0. The van der Waals surface area contributed by atoms with Crippen molar-refractivity contribution in [3.63, 3.8) is 0 Å². The number of carboxylic acid groups (broad SMARTS) is 1. The van der Waals surface area contributed by atoms with E-state index in [0.717, 1.165) is 4.90 Å². The molecule has 0 aliphatic carbocycles. The first-order valence-electron chi connectivity index (χ1n) is 2.29. The smallest absolute Gasteiger partial charge is 0.409 e. The fraction of sp³-hybridized carbons (Fsp3) is 0.750. The number of carbonyl (C=O) groups is 1. The van der Waals surface area contributed by atoms with Crippen molar-refractivity contribution in [2.45, 2.75) is 6.23 Å². The molecule has 0 saturated carbocycles. The van der Waals surface area contributed by atoms with Crippen LogP contribution in [-0.4, -0.2) is 36.0 Å². The topological polar surface area (TPSA) is 53.1 Å². The van der Waals surface area contributed by atoms with E-state index in [-0.39, 0.29) is 6.23 Å². The Kier molecular flexibility index (Phi) is 1.09. The summed E-state index contributed by atoms with van der Waals surface area (Å²) in [7, 11) is 1.49. The van der Waals surface area contributed by atoms with Crippen LogP contribution in [0.2, 0.25) is 0 Å². The van der Waals surface area contributed by atoms with Gasteiger partial charge in [0.15, 0.2) is 6.23 Å². The van der Waals surface area contributed by atoms with Gasteiger partial charge >= 0.3 is 6.09 Å². The first kappa shape index (κ1) is 5.37. The molecule has 0 spiro atoms. The van der Waals surface area contributed by atoms with Crippen molar-refractivity contribution < 1.29 is 14.6 Å². The number of likely N-dealkylation sites (N-methyl/N-ethyl adjacent to an activating group) is 1. The van der Waals surface area contributed by atoms with Gasteiger partial charge < -0.3 is 9.84 Å². The van der Waals surface area contributed by atoms with Crippen molar-refractivity contribution in [3.8, 4) is 0 Å². The molecule has 4 nitrogen and oxygen atoms in total. The molecule has 0 bridgehead atoms. The Morgan fingerprint density at radius 2 is 2.50 bits per heavy atom. The lowest BCUT2D eigenvalue weighted by atomic mass is 10.7. The molecule has 0 aromatic rings. The molecule has 4 heteroatoms. The van der Waals surface area contributed by atoms with E-state index in [1.807, 2.05) is 0 Å². The predicted octanol–water partition coefficient (Wildman–Crippen LogP) is -0.0475. The zero-order chi connectivity index (χ0) is 6.15. The maximum Gasteiger partial charge on any atom is 0.409 e. The van der Waals surface area contributed by atoms with E-state index in [4.69, 9.17) is 5.11 Å². The van der Waals surface area contributed by atoms with Gasteiger partial charge in [-0.2, -0.15) is 0 Å². The summed E-state index contributed by atoms with van der Waals surface area (Å²) in [4.78, 5) is 11.2. The van der Waals surface area contributed by atoms with Crippen LogP contribution in [0.15, 0.2) is 0 Å². The summed E-state index contributed by atoms with van der Waals surface area (Å²) < 4.78 is 4.68. The van der Waals surface area contributed by atoms with Gasteiger partial charge in [0.1, 0.15) is 0 Å². The van der Waals surface area contributed by atoms with Crippen LogP contribution in [0.4, 0.5) is 4.79 Å². The Balaban J connectivity index is 2.32. The van der Waals surface area contributed by atoms with E-state index >= 15 is 0 Å². The summed E-state index contributed by atoms with van der Waals surface area (Å²) >= 11 is 0. The van der Waals surface area contributed by atoms with Crippen LogP contribution in [-0.2, 0) is 4.74 Å². The first-order chi connectivity index (χ1) is 3.72. The van der Waals surface area contributed by atoms with Crippen molar-refractivity contribution in [1.82, 2.24) is 4.90 Å². The summed E-state index contributed by atoms with van der Waals surface area (Å²) in [5.41, 5.74) is 0. The number of amides is 1. The van der Waals surface area contributed by atoms with Crippen molar-refractivity contribution in [2.75, 3.05) is 13.7 Å². The highest BCUT2D eigenvalue weighted by Crippen LogP contribution is 2.12. The molecule has 0 unspecified atom stereocenters. The Labute approximate surface area is 46.7 Å². The van der Waals surface area contributed by atoms with Crippen LogP contribution < -0.4 is 0 Å². The van der Waals surface area contributed by atoms with E-state index < -0.39 is 6.09 Å². The zero-order valence-electron chi connectivity index (χ0n) is 4.50. The van der Waals surface area contributed by atoms with Gasteiger partial charge in [-0.1, -0.05) is 0 Å². The molecule has 1 rings (SSSR count). The van der Waals surface area contributed by atoms with E-state index in [2.05, 4.69) is 4.74 Å². The minimum absolute atomic E-state index is 0.174. The van der Waals surface area contributed by atoms with Gasteiger partial charge in [0.05, 0.1) is 6.61 Å². The van der Waals surface area contributed by atoms with Crippen LogP contribution in [0, 0.1) is 0 Å². The Bertz CT molecular complexity index is 110.